The highest BCUT2D eigenvalue weighted by Crippen LogP contribution is 2.25. The van der Waals surface area contributed by atoms with E-state index >= 15 is 0 Å². The third kappa shape index (κ3) is 3.81. The molecular formula is C19H25N5O3S. The summed E-state index contributed by atoms with van der Waals surface area (Å²) in [6.45, 7) is 1.33. The fourth-order valence-electron chi connectivity index (χ4n) is 4.03. The molecule has 1 saturated heterocycles. The summed E-state index contributed by atoms with van der Waals surface area (Å²) in [5.41, 5.74) is 1.60. The standard InChI is InChI=1S/C19H25N5O3S/c1-28(26,27)24-13-5-6-16(24)19(25)20-15-10-8-14(9-11-15)18-22-21-17-7-3-2-4-12-23(17)18/h8-11,16H,2-7,12-13H2,1H3,(H,20,25)/t16-/m0/s1. The van der Waals surface area contributed by atoms with Crippen LogP contribution in [0.5, 0.6) is 0 Å². The van der Waals surface area contributed by atoms with Gasteiger partial charge in [0.05, 0.1) is 6.26 Å². The lowest BCUT2D eigenvalue weighted by Gasteiger charge is -2.21. The molecule has 2 aliphatic heterocycles. The van der Waals surface area contributed by atoms with Crippen LogP contribution in [0.3, 0.4) is 0 Å². The fraction of sp³-hybridized carbons (Fsp3) is 0.526. The molecule has 0 saturated carbocycles. The number of carbonyl (C=O) groups is 1. The molecule has 0 bridgehead atoms. The van der Waals surface area contributed by atoms with E-state index < -0.39 is 16.1 Å². The number of rotatable bonds is 4. The minimum atomic E-state index is -3.38. The van der Waals surface area contributed by atoms with Crippen LogP contribution < -0.4 is 5.32 Å². The van der Waals surface area contributed by atoms with Crippen molar-refractivity contribution in [2.24, 2.45) is 0 Å². The van der Waals surface area contributed by atoms with E-state index in [2.05, 4.69) is 20.1 Å². The normalized spacial score (nSPS) is 20.5. The van der Waals surface area contributed by atoms with E-state index in [1.165, 1.54) is 10.7 Å². The third-order valence-electron chi connectivity index (χ3n) is 5.45. The summed E-state index contributed by atoms with van der Waals surface area (Å²) in [4.78, 5) is 12.6. The van der Waals surface area contributed by atoms with Gasteiger partial charge >= 0.3 is 0 Å². The van der Waals surface area contributed by atoms with Gasteiger partial charge in [-0.05, 0) is 49.9 Å². The molecule has 3 heterocycles. The first-order valence-electron chi connectivity index (χ1n) is 9.74. The molecule has 9 heteroatoms. The number of sulfonamides is 1. The molecule has 1 aromatic heterocycles. The van der Waals surface area contributed by atoms with Gasteiger partial charge in [-0.25, -0.2) is 8.42 Å². The van der Waals surface area contributed by atoms with Gasteiger partial charge in [0.2, 0.25) is 15.9 Å². The van der Waals surface area contributed by atoms with Gasteiger partial charge in [0.25, 0.3) is 0 Å². The van der Waals surface area contributed by atoms with E-state index in [0.29, 0.717) is 25.1 Å². The predicted octanol–water partition coefficient (Wildman–Crippen LogP) is 2.03. The number of amides is 1. The Kier molecular flexibility index (Phi) is 5.20. The van der Waals surface area contributed by atoms with Crippen LogP contribution in [-0.2, 0) is 27.8 Å². The zero-order chi connectivity index (χ0) is 19.7. The zero-order valence-electron chi connectivity index (χ0n) is 16.0. The Labute approximate surface area is 165 Å². The topological polar surface area (TPSA) is 97.2 Å². The first-order valence-corrected chi connectivity index (χ1v) is 11.6. The Morgan fingerprint density at radius 1 is 1.07 bits per heavy atom. The highest BCUT2D eigenvalue weighted by molar-refractivity contribution is 7.88. The molecule has 0 aliphatic carbocycles. The Morgan fingerprint density at radius 2 is 1.86 bits per heavy atom. The van der Waals surface area contributed by atoms with Gasteiger partial charge in [-0.2, -0.15) is 4.31 Å². The quantitative estimate of drug-likeness (QED) is 0.842. The predicted molar refractivity (Wildman–Crippen MR) is 106 cm³/mol. The third-order valence-corrected chi connectivity index (χ3v) is 6.74. The zero-order valence-corrected chi connectivity index (χ0v) is 16.8. The number of hydrogen-bond acceptors (Lipinski definition) is 5. The van der Waals surface area contributed by atoms with E-state index in [0.717, 1.165) is 49.3 Å². The molecule has 1 amide bonds. The highest BCUT2D eigenvalue weighted by Gasteiger charge is 2.36. The van der Waals surface area contributed by atoms with E-state index in [9.17, 15) is 13.2 Å². The fourth-order valence-corrected chi connectivity index (χ4v) is 5.15. The Morgan fingerprint density at radius 3 is 2.61 bits per heavy atom. The molecular weight excluding hydrogens is 378 g/mol. The average Bonchev–Trinajstić information content (AvgIpc) is 3.25. The van der Waals surface area contributed by atoms with Gasteiger partial charge < -0.3 is 9.88 Å². The maximum absolute atomic E-state index is 12.6. The lowest BCUT2D eigenvalue weighted by Crippen LogP contribution is -2.42. The molecule has 28 heavy (non-hydrogen) atoms. The highest BCUT2D eigenvalue weighted by atomic mass is 32.2. The van der Waals surface area contributed by atoms with E-state index in [-0.39, 0.29) is 5.91 Å². The average molecular weight is 404 g/mol. The van der Waals surface area contributed by atoms with Crippen LogP contribution in [0.1, 0.15) is 37.9 Å². The Balaban J connectivity index is 1.48. The second-order valence-corrected chi connectivity index (χ2v) is 9.44. The van der Waals surface area contributed by atoms with Gasteiger partial charge in [-0.15, -0.1) is 10.2 Å². The summed E-state index contributed by atoms with van der Waals surface area (Å²) in [5.74, 6) is 1.60. The number of aryl methyl sites for hydroxylation is 1. The van der Waals surface area contributed by atoms with E-state index in [1.807, 2.05) is 24.3 Å². The van der Waals surface area contributed by atoms with E-state index in [4.69, 9.17) is 0 Å². The lowest BCUT2D eigenvalue weighted by atomic mass is 10.1. The summed E-state index contributed by atoms with van der Waals surface area (Å²) >= 11 is 0. The summed E-state index contributed by atoms with van der Waals surface area (Å²) in [7, 11) is -3.38. The first kappa shape index (κ1) is 19.1. The monoisotopic (exact) mass is 403 g/mol. The number of anilines is 1. The van der Waals surface area contributed by atoms with Crippen molar-refractivity contribution in [3.05, 3.63) is 30.1 Å². The number of fused-ring (bicyclic) bond motifs is 1. The van der Waals surface area contributed by atoms with Crippen molar-refractivity contribution in [2.45, 2.75) is 51.1 Å². The summed E-state index contributed by atoms with van der Waals surface area (Å²) < 4.78 is 27.2. The minimum absolute atomic E-state index is 0.285. The maximum Gasteiger partial charge on any atom is 0.242 e. The van der Waals surface area contributed by atoms with Crippen molar-refractivity contribution in [3.63, 3.8) is 0 Å². The molecule has 8 nitrogen and oxygen atoms in total. The molecule has 2 aromatic rings. The van der Waals surface area contributed by atoms with Crippen molar-refractivity contribution >= 4 is 21.6 Å². The van der Waals surface area contributed by atoms with Gasteiger partial charge in [0.15, 0.2) is 5.82 Å². The molecule has 0 spiro atoms. The lowest BCUT2D eigenvalue weighted by molar-refractivity contribution is -0.119. The maximum atomic E-state index is 12.6. The number of nitrogens with zero attached hydrogens (tertiary/aromatic N) is 4. The van der Waals surface area contributed by atoms with Crippen LogP contribution >= 0.6 is 0 Å². The SMILES string of the molecule is CS(=O)(=O)N1CCC[C@H]1C(=O)Nc1ccc(-c2nnc3n2CCCCC3)cc1. The van der Waals surface area contributed by atoms with Crippen LogP contribution in [0.4, 0.5) is 5.69 Å². The van der Waals surface area contributed by atoms with Crippen molar-refractivity contribution in [1.29, 1.82) is 0 Å². The summed E-state index contributed by atoms with van der Waals surface area (Å²) in [6.07, 6.45) is 6.83. The Bertz CT molecular complexity index is 968. The van der Waals surface area contributed by atoms with Gasteiger partial charge in [0, 0.05) is 30.8 Å². The van der Waals surface area contributed by atoms with Crippen molar-refractivity contribution < 1.29 is 13.2 Å². The van der Waals surface area contributed by atoms with Gasteiger partial charge in [-0.3, -0.25) is 4.79 Å². The molecule has 0 unspecified atom stereocenters. The second kappa shape index (κ2) is 7.63. The number of carbonyl (C=O) groups excluding carboxylic acids is 1. The molecule has 150 valence electrons. The van der Waals surface area contributed by atoms with Crippen molar-refractivity contribution in [3.8, 4) is 11.4 Å². The largest absolute Gasteiger partial charge is 0.325 e. The molecule has 4 rings (SSSR count). The first-order chi connectivity index (χ1) is 13.4. The summed E-state index contributed by atoms with van der Waals surface area (Å²) in [5, 5.41) is 11.5. The molecule has 1 N–H and O–H groups in total. The van der Waals surface area contributed by atoms with Crippen molar-refractivity contribution in [2.75, 3.05) is 18.1 Å². The number of nitrogens with one attached hydrogen (secondary N) is 1. The molecule has 1 fully saturated rings. The van der Waals surface area contributed by atoms with Gasteiger partial charge in [0.1, 0.15) is 11.9 Å². The van der Waals surface area contributed by atoms with Crippen LogP contribution in [0.25, 0.3) is 11.4 Å². The Hall–Kier alpha value is -2.26. The number of aromatic nitrogens is 3. The minimum Gasteiger partial charge on any atom is -0.325 e. The van der Waals surface area contributed by atoms with Crippen molar-refractivity contribution in [1.82, 2.24) is 19.1 Å². The molecule has 1 atom stereocenters. The molecule has 0 radical (unpaired) electrons. The van der Waals surface area contributed by atoms with E-state index in [1.54, 1.807) is 0 Å². The smallest absolute Gasteiger partial charge is 0.242 e. The van der Waals surface area contributed by atoms with Gasteiger partial charge in [-0.1, -0.05) is 6.42 Å². The number of benzene rings is 1. The van der Waals surface area contributed by atoms with Crippen LogP contribution in [0.2, 0.25) is 0 Å². The van der Waals surface area contributed by atoms with Crippen LogP contribution in [0.15, 0.2) is 24.3 Å². The van der Waals surface area contributed by atoms with Crippen LogP contribution in [-0.4, -0.2) is 52.2 Å². The molecule has 2 aliphatic rings. The second-order valence-electron chi connectivity index (χ2n) is 7.50. The summed E-state index contributed by atoms with van der Waals surface area (Å²) in [6, 6.07) is 6.85. The van der Waals surface area contributed by atoms with Crippen LogP contribution in [0, 0.1) is 0 Å². The molecule has 1 aromatic carbocycles. The number of hydrogen-bond donors (Lipinski definition) is 1.